The number of amides is 1. The Morgan fingerprint density at radius 3 is 2.28 bits per heavy atom. The first kappa shape index (κ1) is 19.1. The van der Waals surface area contributed by atoms with Gasteiger partial charge in [-0.1, -0.05) is 25.8 Å². The SMILES string of the molecule is COc1cccc(OC)c1C(=O)O[C@H](C)C(=O)N[C@@H]1CCCC[C@H]1C. The van der Waals surface area contributed by atoms with E-state index in [2.05, 4.69) is 12.2 Å². The van der Waals surface area contributed by atoms with Gasteiger partial charge in [0.1, 0.15) is 17.1 Å². The van der Waals surface area contributed by atoms with E-state index in [9.17, 15) is 9.59 Å². The summed E-state index contributed by atoms with van der Waals surface area (Å²) in [4.78, 5) is 24.9. The lowest BCUT2D eigenvalue weighted by Crippen LogP contribution is -2.46. The van der Waals surface area contributed by atoms with Crippen LogP contribution in [0.4, 0.5) is 0 Å². The fourth-order valence-electron chi connectivity index (χ4n) is 3.16. The molecule has 0 spiro atoms. The summed E-state index contributed by atoms with van der Waals surface area (Å²) >= 11 is 0. The van der Waals surface area contributed by atoms with E-state index in [0.29, 0.717) is 17.4 Å². The molecule has 6 heteroatoms. The van der Waals surface area contributed by atoms with Crippen LogP contribution in [0.1, 0.15) is 49.9 Å². The van der Waals surface area contributed by atoms with Crippen molar-refractivity contribution in [1.82, 2.24) is 5.32 Å². The van der Waals surface area contributed by atoms with Crippen LogP contribution in [0.15, 0.2) is 18.2 Å². The third kappa shape index (κ3) is 4.65. The average molecular weight is 349 g/mol. The highest BCUT2D eigenvalue weighted by atomic mass is 16.6. The third-order valence-electron chi connectivity index (χ3n) is 4.72. The lowest BCUT2D eigenvalue weighted by Gasteiger charge is -2.30. The molecule has 0 radical (unpaired) electrons. The number of rotatable bonds is 6. The van der Waals surface area contributed by atoms with Crippen molar-refractivity contribution in [3.63, 3.8) is 0 Å². The summed E-state index contributed by atoms with van der Waals surface area (Å²) < 4.78 is 15.8. The van der Waals surface area contributed by atoms with Crippen molar-refractivity contribution in [2.24, 2.45) is 5.92 Å². The normalized spacial score (nSPS) is 21.1. The van der Waals surface area contributed by atoms with Crippen LogP contribution < -0.4 is 14.8 Å². The molecule has 138 valence electrons. The fourth-order valence-corrected chi connectivity index (χ4v) is 3.16. The number of carbonyl (C=O) groups is 2. The average Bonchev–Trinajstić information content (AvgIpc) is 2.62. The Hall–Kier alpha value is -2.24. The third-order valence-corrected chi connectivity index (χ3v) is 4.72. The monoisotopic (exact) mass is 349 g/mol. The molecular formula is C19H27NO5. The summed E-state index contributed by atoms with van der Waals surface area (Å²) in [5, 5.41) is 3.00. The Morgan fingerprint density at radius 2 is 1.72 bits per heavy atom. The molecule has 1 aliphatic carbocycles. The predicted molar refractivity (Wildman–Crippen MR) is 94.0 cm³/mol. The van der Waals surface area contributed by atoms with E-state index < -0.39 is 12.1 Å². The summed E-state index contributed by atoms with van der Waals surface area (Å²) in [5.74, 6) is 0.209. The van der Waals surface area contributed by atoms with Gasteiger partial charge in [-0.15, -0.1) is 0 Å². The Kier molecular flexibility index (Phi) is 6.67. The van der Waals surface area contributed by atoms with E-state index >= 15 is 0 Å². The smallest absolute Gasteiger partial charge is 0.346 e. The molecule has 1 aromatic rings. The number of esters is 1. The molecule has 1 fully saturated rings. The van der Waals surface area contributed by atoms with E-state index in [1.165, 1.54) is 20.6 Å². The first-order chi connectivity index (χ1) is 12.0. The van der Waals surface area contributed by atoms with Gasteiger partial charge < -0.3 is 19.5 Å². The minimum atomic E-state index is -0.892. The molecule has 0 bridgehead atoms. The second-order valence-electron chi connectivity index (χ2n) is 6.46. The van der Waals surface area contributed by atoms with Gasteiger partial charge in [-0.3, -0.25) is 4.79 Å². The van der Waals surface area contributed by atoms with Crippen molar-refractivity contribution in [2.75, 3.05) is 14.2 Å². The summed E-state index contributed by atoms with van der Waals surface area (Å²) in [6.45, 7) is 3.71. The van der Waals surface area contributed by atoms with Crippen LogP contribution in [0, 0.1) is 5.92 Å². The number of benzene rings is 1. The zero-order valence-corrected chi connectivity index (χ0v) is 15.3. The van der Waals surface area contributed by atoms with E-state index in [4.69, 9.17) is 14.2 Å². The fraction of sp³-hybridized carbons (Fsp3) is 0.579. The minimum Gasteiger partial charge on any atom is -0.496 e. The zero-order valence-electron chi connectivity index (χ0n) is 15.3. The minimum absolute atomic E-state index is 0.142. The molecule has 1 amide bonds. The van der Waals surface area contributed by atoms with Crippen LogP contribution >= 0.6 is 0 Å². The molecule has 0 saturated heterocycles. The summed E-state index contributed by atoms with van der Waals surface area (Å²) in [7, 11) is 2.93. The number of nitrogens with one attached hydrogen (secondary N) is 1. The number of carbonyl (C=O) groups excluding carboxylic acids is 2. The van der Waals surface area contributed by atoms with Crippen molar-refractivity contribution in [2.45, 2.75) is 51.7 Å². The molecule has 25 heavy (non-hydrogen) atoms. The highest BCUT2D eigenvalue weighted by Crippen LogP contribution is 2.29. The van der Waals surface area contributed by atoms with Crippen LogP contribution in [0.5, 0.6) is 11.5 Å². The summed E-state index contributed by atoms with van der Waals surface area (Å²) in [5.41, 5.74) is 0.179. The Morgan fingerprint density at radius 1 is 1.12 bits per heavy atom. The van der Waals surface area contributed by atoms with Gasteiger partial charge in [0.15, 0.2) is 6.10 Å². The van der Waals surface area contributed by atoms with Gasteiger partial charge in [-0.05, 0) is 37.8 Å². The van der Waals surface area contributed by atoms with Gasteiger partial charge in [-0.25, -0.2) is 4.79 Å². The molecule has 1 saturated carbocycles. The molecule has 0 aliphatic heterocycles. The Balaban J connectivity index is 2.03. The van der Waals surface area contributed by atoms with E-state index in [0.717, 1.165) is 19.3 Å². The summed E-state index contributed by atoms with van der Waals surface area (Å²) in [6, 6.07) is 5.15. The van der Waals surface area contributed by atoms with E-state index in [1.54, 1.807) is 25.1 Å². The molecule has 2 rings (SSSR count). The molecular weight excluding hydrogens is 322 g/mol. The highest BCUT2D eigenvalue weighted by Gasteiger charge is 2.28. The van der Waals surface area contributed by atoms with Crippen molar-refractivity contribution in [3.8, 4) is 11.5 Å². The van der Waals surface area contributed by atoms with Crippen LogP contribution in [0.25, 0.3) is 0 Å². The van der Waals surface area contributed by atoms with Gasteiger partial charge in [0.25, 0.3) is 5.91 Å². The molecule has 0 aromatic heterocycles. The largest absolute Gasteiger partial charge is 0.496 e. The van der Waals surface area contributed by atoms with Crippen molar-refractivity contribution < 1.29 is 23.8 Å². The van der Waals surface area contributed by atoms with Crippen LogP contribution in [0.3, 0.4) is 0 Å². The molecule has 1 aliphatic rings. The number of hydrogen-bond acceptors (Lipinski definition) is 5. The zero-order chi connectivity index (χ0) is 18.4. The highest BCUT2D eigenvalue weighted by molar-refractivity contribution is 5.97. The second kappa shape index (κ2) is 8.74. The standard InChI is InChI=1S/C19H27NO5/c1-12-8-5-6-9-14(12)20-18(21)13(2)25-19(22)17-15(23-3)10-7-11-16(17)24-4/h7,10-14H,5-6,8-9H2,1-4H3,(H,20,21)/t12-,13-,14-/m1/s1. The number of methoxy groups -OCH3 is 2. The van der Waals surface area contributed by atoms with Gasteiger partial charge >= 0.3 is 5.97 Å². The van der Waals surface area contributed by atoms with Crippen molar-refractivity contribution >= 4 is 11.9 Å². The molecule has 1 N–H and O–H groups in total. The Bertz CT molecular complexity index is 594. The molecule has 1 aromatic carbocycles. The molecule has 0 heterocycles. The van der Waals surface area contributed by atoms with E-state index in [-0.39, 0.29) is 17.5 Å². The van der Waals surface area contributed by atoms with Gasteiger partial charge in [0.05, 0.1) is 14.2 Å². The summed E-state index contributed by atoms with van der Waals surface area (Å²) in [6.07, 6.45) is 3.50. The van der Waals surface area contributed by atoms with Crippen molar-refractivity contribution in [1.29, 1.82) is 0 Å². The lowest BCUT2D eigenvalue weighted by molar-refractivity contribution is -0.130. The number of hydrogen-bond donors (Lipinski definition) is 1. The maximum atomic E-state index is 12.5. The van der Waals surface area contributed by atoms with Crippen molar-refractivity contribution in [3.05, 3.63) is 23.8 Å². The van der Waals surface area contributed by atoms with Gasteiger partial charge in [-0.2, -0.15) is 0 Å². The van der Waals surface area contributed by atoms with Gasteiger partial charge in [0, 0.05) is 6.04 Å². The maximum absolute atomic E-state index is 12.5. The molecule has 3 atom stereocenters. The van der Waals surface area contributed by atoms with Crippen LogP contribution in [-0.4, -0.2) is 38.2 Å². The first-order valence-corrected chi connectivity index (χ1v) is 8.70. The van der Waals surface area contributed by atoms with Gasteiger partial charge in [0.2, 0.25) is 0 Å². The number of ether oxygens (including phenoxy) is 3. The second-order valence-corrected chi connectivity index (χ2v) is 6.46. The maximum Gasteiger partial charge on any atom is 0.346 e. The Labute approximate surface area is 148 Å². The molecule has 6 nitrogen and oxygen atoms in total. The predicted octanol–water partition coefficient (Wildman–Crippen LogP) is 2.94. The lowest BCUT2D eigenvalue weighted by atomic mass is 9.86. The topological polar surface area (TPSA) is 73.9 Å². The molecule has 0 unspecified atom stereocenters. The van der Waals surface area contributed by atoms with Crippen LogP contribution in [0.2, 0.25) is 0 Å². The first-order valence-electron chi connectivity index (χ1n) is 8.70. The quantitative estimate of drug-likeness (QED) is 0.799. The van der Waals surface area contributed by atoms with E-state index in [1.807, 2.05) is 0 Å². The van der Waals surface area contributed by atoms with Crippen LogP contribution in [-0.2, 0) is 9.53 Å².